The Bertz CT molecular complexity index is 788. The summed E-state index contributed by atoms with van der Waals surface area (Å²) in [7, 11) is 1.57. The van der Waals surface area contributed by atoms with Crippen LogP contribution in [0, 0.1) is 6.92 Å². The standard InChI is InChI=1S/C21H27N3O3/c1-15-8-10-16(11-9-15)24(19-13-12-17(27-2)14-18(19)22)21(26)7-5-3-4-6-20(23)25/h8-14H,3-7,22H2,1-2H3,(H2,23,25). The highest BCUT2D eigenvalue weighted by molar-refractivity contribution is 6.03. The van der Waals surface area contributed by atoms with Gasteiger partial charge in [-0.05, 0) is 44.0 Å². The molecular formula is C21H27N3O3. The van der Waals surface area contributed by atoms with Gasteiger partial charge >= 0.3 is 0 Å². The van der Waals surface area contributed by atoms with Gasteiger partial charge in [-0.25, -0.2) is 0 Å². The molecule has 0 unspecified atom stereocenters. The number of hydrogen-bond donors (Lipinski definition) is 2. The Labute approximate surface area is 160 Å². The van der Waals surface area contributed by atoms with Crippen molar-refractivity contribution in [2.24, 2.45) is 5.73 Å². The summed E-state index contributed by atoms with van der Waals surface area (Å²) in [4.78, 5) is 25.4. The molecule has 0 aliphatic heterocycles. The number of aryl methyl sites for hydroxylation is 1. The van der Waals surface area contributed by atoms with Crippen LogP contribution < -0.4 is 21.1 Å². The molecule has 0 bridgehead atoms. The van der Waals surface area contributed by atoms with Gasteiger partial charge in [0, 0.05) is 24.6 Å². The molecule has 0 saturated carbocycles. The molecule has 2 aromatic carbocycles. The fourth-order valence-electron chi connectivity index (χ4n) is 2.84. The first-order valence-corrected chi connectivity index (χ1v) is 9.04. The smallest absolute Gasteiger partial charge is 0.231 e. The summed E-state index contributed by atoms with van der Waals surface area (Å²) < 4.78 is 5.20. The van der Waals surface area contributed by atoms with Crippen LogP contribution in [0.25, 0.3) is 0 Å². The molecule has 4 N–H and O–H groups in total. The van der Waals surface area contributed by atoms with Crippen LogP contribution >= 0.6 is 0 Å². The molecule has 0 saturated heterocycles. The molecule has 6 nitrogen and oxygen atoms in total. The fourth-order valence-corrected chi connectivity index (χ4v) is 2.84. The van der Waals surface area contributed by atoms with E-state index in [0.717, 1.165) is 17.7 Å². The molecule has 144 valence electrons. The van der Waals surface area contributed by atoms with Crippen molar-refractivity contribution in [1.29, 1.82) is 0 Å². The van der Waals surface area contributed by atoms with Crippen LogP contribution in [0.2, 0.25) is 0 Å². The third-order valence-electron chi connectivity index (χ3n) is 4.33. The van der Waals surface area contributed by atoms with Crippen molar-refractivity contribution >= 4 is 28.9 Å². The summed E-state index contributed by atoms with van der Waals surface area (Å²) in [5, 5.41) is 0. The van der Waals surface area contributed by atoms with Gasteiger partial charge in [-0.2, -0.15) is 0 Å². The largest absolute Gasteiger partial charge is 0.497 e. The predicted molar refractivity (Wildman–Crippen MR) is 108 cm³/mol. The van der Waals surface area contributed by atoms with E-state index in [0.29, 0.717) is 42.8 Å². The molecule has 0 atom stereocenters. The number of carbonyl (C=O) groups excluding carboxylic acids is 2. The summed E-state index contributed by atoms with van der Waals surface area (Å²) in [6.07, 6.45) is 2.86. The zero-order valence-corrected chi connectivity index (χ0v) is 15.9. The molecule has 0 radical (unpaired) electrons. The summed E-state index contributed by atoms with van der Waals surface area (Å²) in [6, 6.07) is 13.0. The summed E-state index contributed by atoms with van der Waals surface area (Å²) in [5.41, 5.74) is 14.3. The number of nitrogen functional groups attached to an aromatic ring is 1. The third kappa shape index (κ3) is 5.74. The SMILES string of the molecule is COc1ccc(N(C(=O)CCCCCC(N)=O)c2ccc(C)cc2)c(N)c1. The Kier molecular flexibility index (Phi) is 7.23. The summed E-state index contributed by atoms with van der Waals surface area (Å²) >= 11 is 0. The molecule has 0 spiro atoms. The van der Waals surface area contributed by atoms with Crippen molar-refractivity contribution in [3.05, 3.63) is 48.0 Å². The van der Waals surface area contributed by atoms with Crippen molar-refractivity contribution in [2.45, 2.75) is 39.0 Å². The maximum atomic E-state index is 13.0. The average Bonchev–Trinajstić information content (AvgIpc) is 2.64. The van der Waals surface area contributed by atoms with Gasteiger partial charge in [-0.3, -0.25) is 14.5 Å². The maximum Gasteiger partial charge on any atom is 0.231 e. The van der Waals surface area contributed by atoms with E-state index in [1.165, 1.54) is 0 Å². The molecule has 2 amide bonds. The number of amides is 2. The molecule has 2 aromatic rings. The average molecular weight is 369 g/mol. The highest BCUT2D eigenvalue weighted by atomic mass is 16.5. The molecule has 0 aliphatic carbocycles. The molecular weight excluding hydrogens is 342 g/mol. The van der Waals surface area contributed by atoms with Gasteiger partial charge in [0.25, 0.3) is 0 Å². The predicted octanol–water partition coefficient (Wildman–Crippen LogP) is 3.69. The Balaban J connectivity index is 2.21. The van der Waals surface area contributed by atoms with Gasteiger partial charge in [0.1, 0.15) is 5.75 Å². The van der Waals surface area contributed by atoms with Crippen molar-refractivity contribution in [2.75, 3.05) is 17.7 Å². The zero-order chi connectivity index (χ0) is 19.8. The lowest BCUT2D eigenvalue weighted by molar-refractivity contribution is -0.118. The summed E-state index contributed by atoms with van der Waals surface area (Å²) in [5.74, 6) is 0.280. The minimum absolute atomic E-state index is 0.0465. The van der Waals surface area contributed by atoms with Crippen molar-refractivity contribution < 1.29 is 14.3 Å². The number of unbranched alkanes of at least 4 members (excludes halogenated alkanes) is 2. The van der Waals surface area contributed by atoms with Gasteiger partial charge in [0.2, 0.25) is 11.8 Å². The van der Waals surface area contributed by atoms with Crippen molar-refractivity contribution in [1.82, 2.24) is 0 Å². The molecule has 0 fully saturated rings. The lowest BCUT2D eigenvalue weighted by atomic mass is 10.1. The second-order valence-corrected chi connectivity index (χ2v) is 6.52. The first-order valence-electron chi connectivity index (χ1n) is 9.04. The number of anilines is 3. The van der Waals surface area contributed by atoms with E-state index < -0.39 is 0 Å². The first-order chi connectivity index (χ1) is 12.9. The molecule has 0 heterocycles. The van der Waals surface area contributed by atoms with E-state index in [-0.39, 0.29) is 11.8 Å². The number of rotatable bonds is 9. The Morgan fingerprint density at radius 1 is 1.00 bits per heavy atom. The van der Waals surface area contributed by atoms with Gasteiger partial charge in [0.05, 0.1) is 18.5 Å². The fraction of sp³-hybridized carbons (Fsp3) is 0.333. The third-order valence-corrected chi connectivity index (χ3v) is 4.33. The van der Waals surface area contributed by atoms with Gasteiger partial charge in [-0.15, -0.1) is 0 Å². The second kappa shape index (κ2) is 9.62. The number of ether oxygens (including phenoxy) is 1. The number of nitrogens with two attached hydrogens (primary N) is 2. The minimum Gasteiger partial charge on any atom is -0.497 e. The zero-order valence-electron chi connectivity index (χ0n) is 15.9. The van der Waals surface area contributed by atoms with E-state index in [2.05, 4.69) is 0 Å². The molecule has 6 heteroatoms. The quantitative estimate of drug-likeness (QED) is 0.520. The Morgan fingerprint density at radius 3 is 2.26 bits per heavy atom. The number of nitrogens with zero attached hydrogens (tertiary/aromatic N) is 1. The van der Waals surface area contributed by atoms with E-state index in [4.69, 9.17) is 16.2 Å². The van der Waals surface area contributed by atoms with E-state index in [9.17, 15) is 9.59 Å². The lowest BCUT2D eigenvalue weighted by Crippen LogP contribution is -2.26. The first kappa shape index (κ1) is 20.3. The number of carbonyl (C=O) groups is 2. The van der Waals surface area contributed by atoms with Crippen LogP contribution in [0.1, 0.15) is 37.7 Å². The Morgan fingerprint density at radius 2 is 1.67 bits per heavy atom. The molecule has 0 aromatic heterocycles. The summed E-state index contributed by atoms with van der Waals surface area (Å²) in [6.45, 7) is 2.00. The second-order valence-electron chi connectivity index (χ2n) is 6.52. The van der Waals surface area contributed by atoms with Crippen molar-refractivity contribution in [3.63, 3.8) is 0 Å². The Hall–Kier alpha value is -3.02. The lowest BCUT2D eigenvalue weighted by Gasteiger charge is -2.25. The maximum absolute atomic E-state index is 13.0. The van der Waals surface area contributed by atoms with Gasteiger partial charge in [-0.1, -0.05) is 24.1 Å². The highest BCUT2D eigenvalue weighted by Crippen LogP contribution is 2.34. The van der Waals surface area contributed by atoms with Gasteiger partial charge in [0.15, 0.2) is 0 Å². The monoisotopic (exact) mass is 369 g/mol. The van der Waals surface area contributed by atoms with Crippen LogP contribution in [0.4, 0.5) is 17.1 Å². The van der Waals surface area contributed by atoms with Crippen molar-refractivity contribution in [3.8, 4) is 5.75 Å². The number of primary amides is 1. The van der Waals surface area contributed by atoms with E-state index >= 15 is 0 Å². The molecule has 2 rings (SSSR count). The van der Waals surface area contributed by atoms with Crippen LogP contribution in [0.3, 0.4) is 0 Å². The number of hydrogen-bond acceptors (Lipinski definition) is 4. The minimum atomic E-state index is -0.311. The van der Waals surface area contributed by atoms with Crippen LogP contribution in [0.15, 0.2) is 42.5 Å². The van der Waals surface area contributed by atoms with Gasteiger partial charge < -0.3 is 16.2 Å². The highest BCUT2D eigenvalue weighted by Gasteiger charge is 2.20. The molecule has 27 heavy (non-hydrogen) atoms. The van der Waals surface area contributed by atoms with Crippen LogP contribution in [-0.4, -0.2) is 18.9 Å². The number of benzene rings is 2. The number of methoxy groups -OCH3 is 1. The van der Waals surface area contributed by atoms with E-state index in [1.807, 2.05) is 31.2 Å². The normalized spacial score (nSPS) is 10.4. The molecule has 0 aliphatic rings. The van der Waals surface area contributed by atoms with E-state index in [1.54, 1.807) is 30.2 Å². The van der Waals surface area contributed by atoms with Crippen LogP contribution in [0.5, 0.6) is 5.75 Å². The topological polar surface area (TPSA) is 98.6 Å². The van der Waals surface area contributed by atoms with Crippen LogP contribution in [-0.2, 0) is 9.59 Å².